The van der Waals surface area contributed by atoms with Crippen LogP contribution in [0.25, 0.3) is 45.9 Å². The van der Waals surface area contributed by atoms with E-state index < -0.39 is 0 Å². The molecule has 254 valence electrons. The Bertz CT molecular complexity index is 1930. The summed E-state index contributed by atoms with van der Waals surface area (Å²) in [4.78, 5) is 0. The van der Waals surface area contributed by atoms with E-state index in [1.165, 1.54) is 44.5 Å². The zero-order valence-electron chi connectivity index (χ0n) is 30.9. The fraction of sp³-hybridized carbons (Fsp3) is 0.292. The van der Waals surface area contributed by atoms with E-state index >= 15 is 0 Å². The van der Waals surface area contributed by atoms with E-state index in [0.29, 0.717) is 0 Å². The van der Waals surface area contributed by atoms with E-state index in [9.17, 15) is 0 Å². The first-order valence-corrected chi connectivity index (χ1v) is 18.3. The molecule has 0 radical (unpaired) electrons. The van der Waals surface area contributed by atoms with Gasteiger partial charge in [-0.15, -0.1) is 0 Å². The maximum Gasteiger partial charge on any atom is 0.128 e. The van der Waals surface area contributed by atoms with E-state index in [4.69, 9.17) is 9.47 Å². The lowest BCUT2D eigenvalue weighted by Gasteiger charge is -2.29. The first-order valence-electron chi connectivity index (χ1n) is 18.3. The molecular formula is C48H50O2. The highest BCUT2D eigenvalue weighted by Gasteiger charge is 2.27. The van der Waals surface area contributed by atoms with Gasteiger partial charge in [0.05, 0.1) is 0 Å². The molecule has 0 N–H and O–H groups in total. The average Bonchev–Trinajstić information content (AvgIpc) is 3.10. The Morgan fingerprint density at radius 1 is 0.460 bits per heavy atom. The molecule has 0 saturated carbocycles. The van der Waals surface area contributed by atoms with Gasteiger partial charge in [-0.05, 0) is 92.5 Å². The molecule has 50 heavy (non-hydrogen) atoms. The van der Waals surface area contributed by atoms with Crippen LogP contribution in [0.1, 0.15) is 125 Å². The molecule has 2 atom stereocenters. The highest BCUT2D eigenvalue weighted by Crippen LogP contribution is 2.46. The Morgan fingerprint density at radius 3 is 1.16 bits per heavy atom. The average molecular weight is 659 g/mol. The fourth-order valence-corrected chi connectivity index (χ4v) is 7.35. The third-order valence-corrected chi connectivity index (χ3v) is 10.3. The number of ether oxygens (including phenoxy) is 2. The second-order valence-electron chi connectivity index (χ2n) is 15.9. The molecule has 2 aliphatic heterocycles. The van der Waals surface area contributed by atoms with E-state index in [-0.39, 0.29) is 23.0 Å². The van der Waals surface area contributed by atoms with Crippen molar-refractivity contribution in [3.05, 3.63) is 154 Å². The summed E-state index contributed by atoms with van der Waals surface area (Å²) in [6.07, 6.45) is 6.12. The zero-order valence-corrected chi connectivity index (χ0v) is 30.9. The summed E-state index contributed by atoms with van der Waals surface area (Å²) in [5.74, 6) is 1.80. The molecule has 0 saturated heterocycles. The predicted octanol–water partition coefficient (Wildman–Crippen LogP) is 13.6. The first kappa shape index (κ1) is 33.7. The third kappa shape index (κ3) is 6.44. The minimum absolute atomic E-state index is 0.0725. The van der Waals surface area contributed by atoms with Crippen LogP contribution in [0.3, 0.4) is 0 Å². The quantitative estimate of drug-likeness (QED) is 0.191. The monoisotopic (exact) mass is 658 g/mol. The maximum absolute atomic E-state index is 6.97. The van der Waals surface area contributed by atoms with Gasteiger partial charge in [-0.3, -0.25) is 0 Å². The van der Waals surface area contributed by atoms with Crippen LogP contribution in [0.5, 0.6) is 0 Å². The van der Waals surface area contributed by atoms with Gasteiger partial charge in [0.25, 0.3) is 0 Å². The van der Waals surface area contributed by atoms with Crippen LogP contribution >= 0.6 is 0 Å². The van der Waals surface area contributed by atoms with E-state index in [1.807, 2.05) is 0 Å². The van der Waals surface area contributed by atoms with Gasteiger partial charge in [0.15, 0.2) is 0 Å². The summed E-state index contributed by atoms with van der Waals surface area (Å²) in [7, 11) is 0. The molecule has 5 aromatic carbocycles. The van der Waals surface area contributed by atoms with Crippen LogP contribution in [0.4, 0.5) is 0 Å². The summed E-state index contributed by atoms with van der Waals surface area (Å²) in [6.45, 7) is 18.0. The molecule has 0 bridgehead atoms. The maximum atomic E-state index is 6.97. The lowest BCUT2D eigenvalue weighted by Crippen LogP contribution is -2.12. The Morgan fingerprint density at radius 2 is 0.820 bits per heavy atom. The molecule has 2 nitrogen and oxygen atoms in total. The number of hydrogen-bond donors (Lipinski definition) is 0. The highest BCUT2D eigenvalue weighted by molar-refractivity contribution is 5.95. The first-order chi connectivity index (χ1) is 23.9. The van der Waals surface area contributed by atoms with Crippen LogP contribution in [-0.2, 0) is 20.3 Å². The van der Waals surface area contributed by atoms with Gasteiger partial charge in [-0.2, -0.15) is 0 Å². The van der Waals surface area contributed by atoms with Crippen LogP contribution in [0.15, 0.2) is 109 Å². The molecule has 2 heterocycles. The summed E-state index contributed by atoms with van der Waals surface area (Å²) in [6, 6.07) is 40.2. The van der Waals surface area contributed by atoms with Crippen molar-refractivity contribution in [2.24, 2.45) is 0 Å². The Hall–Kier alpha value is -4.82. The lowest BCUT2D eigenvalue weighted by molar-refractivity contribution is 0.166. The fourth-order valence-electron chi connectivity index (χ4n) is 7.35. The Kier molecular flexibility index (Phi) is 8.85. The molecule has 5 aromatic rings. The molecule has 2 aliphatic rings. The van der Waals surface area contributed by atoms with Crippen LogP contribution in [0, 0.1) is 0 Å². The van der Waals surface area contributed by atoms with Crippen molar-refractivity contribution in [3.63, 3.8) is 0 Å². The van der Waals surface area contributed by atoms with Crippen molar-refractivity contribution in [2.45, 2.75) is 91.3 Å². The topological polar surface area (TPSA) is 18.5 Å². The van der Waals surface area contributed by atoms with Gasteiger partial charge in [-0.25, -0.2) is 0 Å². The highest BCUT2D eigenvalue weighted by atomic mass is 16.5. The molecule has 0 aromatic heterocycles. The molecule has 2 unspecified atom stereocenters. The molecule has 0 fully saturated rings. The summed E-state index contributed by atoms with van der Waals surface area (Å²) in [5, 5.41) is 0. The third-order valence-electron chi connectivity index (χ3n) is 10.3. The molecule has 0 aliphatic carbocycles. The lowest BCUT2D eigenvalue weighted by atomic mass is 9.83. The second kappa shape index (κ2) is 13.1. The van der Waals surface area contributed by atoms with Crippen molar-refractivity contribution in [1.29, 1.82) is 0 Å². The summed E-state index contributed by atoms with van der Waals surface area (Å²) in [5.41, 5.74) is 14.5. The van der Waals surface area contributed by atoms with Crippen LogP contribution in [-0.4, -0.2) is 0 Å². The molecular weight excluding hydrogens is 609 g/mol. The molecule has 7 rings (SSSR count). The Labute approximate surface area is 299 Å². The van der Waals surface area contributed by atoms with Gasteiger partial charge >= 0.3 is 0 Å². The minimum atomic E-state index is -0.0725. The van der Waals surface area contributed by atoms with Crippen molar-refractivity contribution in [1.82, 2.24) is 0 Å². The van der Waals surface area contributed by atoms with Gasteiger partial charge in [-0.1, -0.05) is 152 Å². The van der Waals surface area contributed by atoms with Crippen molar-refractivity contribution < 1.29 is 9.47 Å². The summed E-state index contributed by atoms with van der Waals surface area (Å²) >= 11 is 0. The number of rotatable bonds is 4. The number of hydrogen-bond acceptors (Lipinski definition) is 2. The normalized spacial score (nSPS) is 19.2. The van der Waals surface area contributed by atoms with Crippen molar-refractivity contribution in [2.75, 3.05) is 0 Å². The van der Waals surface area contributed by atoms with Gasteiger partial charge < -0.3 is 9.47 Å². The van der Waals surface area contributed by atoms with Gasteiger partial charge in [0, 0.05) is 22.3 Å². The van der Waals surface area contributed by atoms with Crippen LogP contribution < -0.4 is 0 Å². The van der Waals surface area contributed by atoms with E-state index in [2.05, 4.69) is 177 Å². The number of benzene rings is 5. The zero-order chi connectivity index (χ0) is 35.2. The SMILES string of the molecule is CCC1O/C(c2ccc(C(C)(C)C)cc2)=C\c2cc3c(cc2-c2ccccc21)/C=C(/c1ccc(C(C)(C)C)cc1)OC(CC)c1ccccc1-3. The van der Waals surface area contributed by atoms with E-state index in [1.54, 1.807) is 0 Å². The predicted molar refractivity (Wildman–Crippen MR) is 212 cm³/mol. The molecule has 0 amide bonds. The van der Waals surface area contributed by atoms with Crippen molar-refractivity contribution in [3.8, 4) is 22.3 Å². The van der Waals surface area contributed by atoms with E-state index in [0.717, 1.165) is 46.6 Å². The smallest absolute Gasteiger partial charge is 0.128 e. The molecule has 0 spiro atoms. The summed E-state index contributed by atoms with van der Waals surface area (Å²) < 4.78 is 13.9. The largest absolute Gasteiger partial charge is 0.485 e. The van der Waals surface area contributed by atoms with Gasteiger partial charge in [0.1, 0.15) is 23.7 Å². The van der Waals surface area contributed by atoms with Crippen molar-refractivity contribution >= 4 is 23.7 Å². The second-order valence-corrected chi connectivity index (χ2v) is 15.9. The van der Waals surface area contributed by atoms with Gasteiger partial charge in [0.2, 0.25) is 0 Å². The van der Waals surface area contributed by atoms with Crippen LogP contribution in [0.2, 0.25) is 0 Å². The standard InChI is InChI=1S/C48H50O2/c1-9-43-39-17-13-11-15-37(39)41-27-34-30-46(32-21-25-36(26-22-32)48(6,7)8)50-44(10-2)40-18-14-12-16-38(40)42(34)28-33(41)29-45(49-43)31-19-23-35(24-20-31)47(3,4)5/h11-30,43-44H,9-10H2,1-8H3/b45-29-,46-30-. The number of fused-ring (bicyclic) bond motifs is 6. The molecule has 2 heteroatoms. The minimum Gasteiger partial charge on any atom is -0.485 e. The Balaban J connectivity index is 1.49.